The third-order valence-corrected chi connectivity index (χ3v) is 7.14. The SMILES string of the molecule is Nc1ncnc(N2CCN([C@@H](CN3CCC3)C3=C/COCCOC/C=C\3)CC2)c1-c1ccc(F)cc1. The quantitative estimate of drug-likeness (QED) is 0.657. The Labute approximate surface area is 212 Å². The van der Waals surface area contributed by atoms with Gasteiger partial charge in [-0.25, -0.2) is 14.4 Å². The van der Waals surface area contributed by atoms with Crippen LogP contribution < -0.4 is 10.6 Å². The third kappa shape index (κ3) is 5.92. The van der Waals surface area contributed by atoms with Crippen molar-refractivity contribution >= 4 is 11.6 Å². The molecule has 9 heteroatoms. The van der Waals surface area contributed by atoms with Crippen LogP contribution in [0.2, 0.25) is 0 Å². The second-order valence-corrected chi connectivity index (χ2v) is 9.41. The number of nitrogens with zero attached hydrogens (tertiary/aromatic N) is 5. The highest BCUT2D eigenvalue weighted by atomic mass is 19.1. The minimum Gasteiger partial charge on any atom is -0.383 e. The summed E-state index contributed by atoms with van der Waals surface area (Å²) >= 11 is 0. The van der Waals surface area contributed by atoms with Gasteiger partial charge < -0.3 is 25.0 Å². The van der Waals surface area contributed by atoms with Crippen LogP contribution in [0.4, 0.5) is 16.0 Å². The molecule has 2 saturated heterocycles. The van der Waals surface area contributed by atoms with E-state index in [4.69, 9.17) is 15.2 Å². The first-order valence-corrected chi connectivity index (χ1v) is 12.8. The largest absolute Gasteiger partial charge is 0.383 e. The molecule has 8 nitrogen and oxygen atoms in total. The molecule has 0 aliphatic carbocycles. The lowest BCUT2D eigenvalue weighted by atomic mass is 10.0. The van der Waals surface area contributed by atoms with Gasteiger partial charge in [0.25, 0.3) is 0 Å². The van der Waals surface area contributed by atoms with Gasteiger partial charge in [-0.3, -0.25) is 4.90 Å². The van der Waals surface area contributed by atoms with Crippen molar-refractivity contribution < 1.29 is 13.9 Å². The second-order valence-electron chi connectivity index (χ2n) is 9.41. The van der Waals surface area contributed by atoms with E-state index in [1.54, 1.807) is 12.1 Å². The van der Waals surface area contributed by atoms with E-state index in [2.05, 4.69) is 42.9 Å². The summed E-state index contributed by atoms with van der Waals surface area (Å²) in [6.07, 6.45) is 9.34. The average molecular weight is 495 g/mol. The maximum atomic E-state index is 13.5. The smallest absolute Gasteiger partial charge is 0.142 e. The molecule has 0 saturated carbocycles. The fourth-order valence-corrected chi connectivity index (χ4v) is 5.02. The Bertz CT molecular complexity index is 1060. The van der Waals surface area contributed by atoms with E-state index < -0.39 is 0 Å². The number of likely N-dealkylation sites (tertiary alicyclic amines) is 1. The Morgan fingerprint density at radius 1 is 0.944 bits per heavy atom. The molecule has 2 N–H and O–H groups in total. The van der Waals surface area contributed by atoms with Crippen LogP contribution in [-0.4, -0.2) is 98.1 Å². The molecule has 2 fully saturated rings. The summed E-state index contributed by atoms with van der Waals surface area (Å²) in [5.41, 5.74) is 9.15. The zero-order valence-electron chi connectivity index (χ0n) is 20.7. The van der Waals surface area contributed by atoms with Gasteiger partial charge in [0.15, 0.2) is 0 Å². The van der Waals surface area contributed by atoms with E-state index in [0.29, 0.717) is 38.3 Å². The van der Waals surface area contributed by atoms with Crippen molar-refractivity contribution in [3.8, 4) is 11.1 Å². The normalized spacial score (nSPS) is 23.4. The molecule has 36 heavy (non-hydrogen) atoms. The van der Waals surface area contributed by atoms with Crippen molar-refractivity contribution in [2.45, 2.75) is 12.5 Å². The van der Waals surface area contributed by atoms with Gasteiger partial charge in [-0.1, -0.05) is 30.4 Å². The van der Waals surface area contributed by atoms with Crippen molar-refractivity contribution in [3.63, 3.8) is 0 Å². The topological polar surface area (TPSA) is 80.0 Å². The summed E-state index contributed by atoms with van der Waals surface area (Å²) in [6, 6.07) is 6.64. The number of anilines is 2. The van der Waals surface area contributed by atoms with Crippen LogP contribution in [0.25, 0.3) is 11.1 Å². The van der Waals surface area contributed by atoms with Gasteiger partial charge >= 0.3 is 0 Å². The van der Waals surface area contributed by atoms with Crippen LogP contribution in [0.3, 0.4) is 0 Å². The van der Waals surface area contributed by atoms with Crippen molar-refractivity contribution in [2.24, 2.45) is 0 Å². The zero-order valence-corrected chi connectivity index (χ0v) is 20.7. The Kier molecular flexibility index (Phi) is 8.22. The number of nitrogen functional groups attached to an aromatic ring is 1. The summed E-state index contributed by atoms with van der Waals surface area (Å²) in [6.45, 7) is 9.21. The minimum absolute atomic E-state index is 0.279. The molecular formula is C27H35FN6O2. The Balaban J connectivity index is 1.34. The maximum absolute atomic E-state index is 13.5. The molecule has 0 radical (unpaired) electrons. The Hall–Kier alpha value is -2.85. The van der Waals surface area contributed by atoms with Crippen molar-refractivity contribution in [1.82, 2.24) is 19.8 Å². The molecule has 4 heterocycles. The monoisotopic (exact) mass is 494 g/mol. The molecule has 1 aromatic heterocycles. The Morgan fingerprint density at radius 3 is 2.42 bits per heavy atom. The summed E-state index contributed by atoms with van der Waals surface area (Å²) in [5.74, 6) is 0.929. The van der Waals surface area contributed by atoms with Gasteiger partial charge in [-0.2, -0.15) is 0 Å². The van der Waals surface area contributed by atoms with E-state index in [9.17, 15) is 4.39 Å². The molecule has 0 amide bonds. The first-order valence-electron chi connectivity index (χ1n) is 12.8. The minimum atomic E-state index is -0.279. The van der Waals surface area contributed by atoms with E-state index in [0.717, 1.165) is 62.8 Å². The lowest BCUT2D eigenvalue weighted by molar-refractivity contribution is 0.0690. The molecule has 0 bridgehead atoms. The molecular weight excluding hydrogens is 459 g/mol. The first-order chi connectivity index (χ1) is 17.7. The van der Waals surface area contributed by atoms with Crippen LogP contribution in [0.1, 0.15) is 6.42 Å². The molecule has 5 rings (SSSR count). The Morgan fingerprint density at radius 2 is 1.69 bits per heavy atom. The molecule has 192 valence electrons. The van der Waals surface area contributed by atoms with Crippen LogP contribution in [-0.2, 0) is 9.47 Å². The number of aromatic nitrogens is 2. The van der Waals surface area contributed by atoms with E-state index >= 15 is 0 Å². The first kappa shape index (κ1) is 24.8. The summed E-state index contributed by atoms with van der Waals surface area (Å²) in [5, 5.41) is 0. The molecule has 0 spiro atoms. The highest BCUT2D eigenvalue weighted by molar-refractivity contribution is 5.84. The predicted molar refractivity (Wildman–Crippen MR) is 139 cm³/mol. The number of rotatable bonds is 6. The predicted octanol–water partition coefficient (Wildman–Crippen LogP) is 2.59. The number of ether oxygens (including phenoxy) is 2. The number of hydrogen-bond acceptors (Lipinski definition) is 8. The summed E-state index contributed by atoms with van der Waals surface area (Å²) in [4.78, 5) is 16.2. The number of hydrogen-bond donors (Lipinski definition) is 1. The van der Waals surface area contributed by atoms with Gasteiger partial charge in [0, 0.05) is 38.8 Å². The lowest BCUT2D eigenvalue weighted by Crippen LogP contribution is -2.55. The summed E-state index contributed by atoms with van der Waals surface area (Å²) < 4.78 is 24.9. The number of piperazine rings is 1. The summed E-state index contributed by atoms with van der Waals surface area (Å²) in [7, 11) is 0. The average Bonchev–Trinajstić information content (AvgIpc) is 2.88. The van der Waals surface area contributed by atoms with Crippen LogP contribution in [0.5, 0.6) is 0 Å². The van der Waals surface area contributed by atoms with Gasteiger partial charge in [-0.05, 0) is 42.8 Å². The standard InChI is InChI=1S/C27H35FN6O2/c28-23-6-4-22(5-7-23)25-26(29)30-20-31-27(25)34-13-11-33(12-14-34)24(19-32-9-2-10-32)21-3-1-15-35-17-18-36-16-8-21/h1,3-8,20,24H,2,9-19H2,(H2,29,30,31)/b3-1-,21-8+/t24-/m0/s1. The van der Waals surface area contributed by atoms with Crippen molar-refractivity contribution in [1.29, 1.82) is 0 Å². The number of benzene rings is 1. The highest BCUT2D eigenvalue weighted by Gasteiger charge is 2.30. The van der Waals surface area contributed by atoms with Crippen molar-refractivity contribution in [2.75, 3.05) is 82.9 Å². The highest BCUT2D eigenvalue weighted by Crippen LogP contribution is 2.34. The molecule has 3 aliphatic rings. The second kappa shape index (κ2) is 11.9. The van der Waals surface area contributed by atoms with Crippen LogP contribution in [0.15, 0.2) is 54.4 Å². The fraction of sp³-hybridized carbons (Fsp3) is 0.481. The molecule has 0 unspecified atom stereocenters. The van der Waals surface area contributed by atoms with Gasteiger partial charge in [-0.15, -0.1) is 0 Å². The van der Waals surface area contributed by atoms with Gasteiger partial charge in [0.05, 0.1) is 32.0 Å². The van der Waals surface area contributed by atoms with Gasteiger partial charge in [0.1, 0.15) is 23.8 Å². The van der Waals surface area contributed by atoms with E-state index in [-0.39, 0.29) is 5.82 Å². The lowest BCUT2D eigenvalue weighted by Gasteiger charge is -2.44. The molecule has 1 aromatic carbocycles. The van der Waals surface area contributed by atoms with Crippen LogP contribution >= 0.6 is 0 Å². The molecule has 1 atom stereocenters. The van der Waals surface area contributed by atoms with E-state index in [1.165, 1.54) is 30.5 Å². The molecule has 2 aromatic rings. The van der Waals surface area contributed by atoms with Gasteiger partial charge in [0.2, 0.25) is 0 Å². The fourth-order valence-electron chi connectivity index (χ4n) is 5.02. The van der Waals surface area contributed by atoms with Crippen LogP contribution in [0, 0.1) is 5.82 Å². The molecule has 3 aliphatic heterocycles. The third-order valence-electron chi connectivity index (χ3n) is 7.14. The van der Waals surface area contributed by atoms with E-state index in [1.807, 2.05) is 0 Å². The zero-order chi connectivity index (χ0) is 24.7. The maximum Gasteiger partial charge on any atom is 0.142 e. The number of halogens is 1. The number of nitrogens with two attached hydrogens (primary N) is 1. The van der Waals surface area contributed by atoms with Crippen molar-refractivity contribution in [3.05, 3.63) is 60.2 Å².